The molecule has 0 aliphatic carbocycles. The van der Waals surface area contributed by atoms with Gasteiger partial charge < -0.3 is 9.88 Å². The quantitative estimate of drug-likeness (QED) is 0.798. The molecule has 9 heteroatoms. The van der Waals surface area contributed by atoms with Crippen molar-refractivity contribution in [2.75, 3.05) is 31.5 Å². The smallest absolute Gasteiger partial charge is 0.241 e. The van der Waals surface area contributed by atoms with Crippen LogP contribution in [-0.4, -0.2) is 72.5 Å². The molecule has 9 nitrogen and oxygen atoms in total. The van der Waals surface area contributed by atoms with Crippen molar-refractivity contribution in [3.8, 4) is 0 Å². The van der Waals surface area contributed by atoms with Gasteiger partial charge in [0.2, 0.25) is 5.91 Å². The number of anilines is 1. The van der Waals surface area contributed by atoms with Crippen LogP contribution < -0.4 is 5.32 Å². The maximum atomic E-state index is 12.8. The van der Waals surface area contributed by atoms with Gasteiger partial charge in [0.15, 0.2) is 0 Å². The van der Waals surface area contributed by atoms with E-state index in [1.54, 1.807) is 4.68 Å². The molecule has 1 amide bonds. The molecule has 1 N–H and O–H groups in total. The molecule has 0 bridgehead atoms. The third-order valence-electron chi connectivity index (χ3n) is 6.64. The first-order valence-electron chi connectivity index (χ1n) is 11.1. The van der Waals surface area contributed by atoms with Crippen molar-refractivity contribution in [1.82, 2.24) is 34.3 Å². The summed E-state index contributed by atoms with van der Waals surface area (Å²) in [6.45, 7) is 11.4. The van der Waals surface area contributed by atoms with E-state index in [0.717, 1.165) is 74.4 Å². The van der Waals surface area contributed by atoms with Gasteiger partial charge in [0.25, 0.3) is 0 Å². The van der Waals surface area contributed by atoms with Gasteiger partial charge in [-0.15, -0.1) is 10.2 Å². The van der Waals surface area contributed by atoms with Crippen LogP contribution in [0.25, 0.3) is 0 Å². The summed E-state index contributed by atoms with van der Waals surface area (Å²) >= 11 is 0. The van der Waals surface area contributed by atoms with Crippen molar-refractivity contribution in [3.05, 3.63) is 23.0 Å². The van der Waals surface area contributed by atoms with E-state index in [1.807, 2.05) is 27.8 Å². The molecule has 0 saturated carbocycles. The van der Waals surface area contributed by atoms with Crippen LogP contribution in [0.2, 0.25) is 0 Å². The van der Waals surface area contributed by atoms with Crippen LogP contribution in [0.1, 0.15) is 49.2 Å². The maximum Gasteiger partial charge on any atom is 0.241 e. The van der Waals surface area contributed by atoms with Crippen LogP contribution in [0, 0.1) is 13.8 Å². The Morgan fingerprint density at radius 1 is 1.07 bits per heavy atom. The first-order valence-corrected chi connectivity index (χ1v) is 11.1. The summed E-state index contributed by atoms with van der Waals surface area (Å²) in [5, 5.41) is 16.4. The molecule has 1 atom stereocenters. The molecule has 1 saturated heterocycles. The second-order valence-corrected chi connectivity index (χ2v) is 8.64. The highest BCUT2D eigenvalue weighted by Gasteiger charge is 2.27. The van der Waals surface area contributed by atoms with E-state index >= 15 is 0 Å². The summed E-state index contributed by atoms with van der Waals surface area (Å²) in [6.07, 6.45) is 4.76. The Balaban J connectivity index is 1.31. The van der Waals surface area contributed by atoms with Gasteiger partial charge in [0.1, 0.15) is 11.6 Å². The second kappa shape index (κ2) is 8.85. The van der Waals surface area contributed by atoms with Gasteiger partial charge in [-0.3, -0.25) is 19.3 Å². The predicted molar refractivity (Wildman–Crippen MR) is 115 cm³/mol. The molecular formula is C21H34N8O. The highest BCUT2D eigenvalue weighted by Crippen LogP contribution is 2.20. The van der Waals surface area contributed by atoms with Crippen molar-refractivity contribution < 1.29 is 4.79 Å². The topological polar surface area (TPSA) is 84.1 Å². The van der Waals surface area contributed by atoms with Crippen LogP contribution in [0.3, 0.4) is 0 Å². The molecule has 4 rings (SSSR count). The predicted octanol–water partition coefficient (Wildman–Crippen LogP) is 1.50. The Morgan fingerprint density at radius 2 is 1.83 bits per heavy atom. The molecule has 0 radical (unpaired) electrons. The average molecular weight is 415 g/mol. The third-order valence-corrected chi connectivity index (χ3v) is 6.64. The largest absolute Gasteiger partial charge is 0.322 e. The minimum Gasteiger partial charge on any atom is -0.322 e. The number of nitrogens with zero attached hydrogens (tertiary/aromatic N) is 7. The van der Waals surface area contributed by atoms with E-state index in [-0.39, 0.29) is 11.9 Å². The van der Waals surface area contributed by atoms with Gasteiger partial charge in [-0.25, -0.2) is 0 Å². The van der Waals surface area contributed by atoms with E-state index in [0.29, 0.717) is 0 Å². The number of carbonyl (C=O) groups excluding carboxylic acids is 1. The lowest BCUT2D eigenvalue weighted by Gasteiger charge is -2.37. The van der Waals surface area contributed by atoms with Crippen molar-refractivity contribution in [2.45, 2.75) is 65.6 Å². The van der Waals surface area contributed by atoms with Crippen molar-refractivity contribution >= 4 is 11.6 Å². The first kappa shape index (κ1) is 21.0. The van der Waals surface area contributed by atoms with E-state index in [2.05, 4.69) is 35.0 Å². The maximum absolute atomic E-state index is 12.8. The number of nitrogens with one attached hydrogen (secondary N) is 1. The first-order chi connectivity index (χ1) is 14.4. The summed E-state index contributed by atoms with van der Waals surface area (Å²) in [6, 6.07) is -0.171. The Morgan fingerprint density at radius 3 is 2.53 bits per heavy atom. The number of aryl methyl sites for hydroxylation is 3. The molecule has 2 aromatic heterocycles. The summed E-state index contributed by atoms with van der Waals surface area (Å²) in [5.74, 6) is 2.27. The molecule has 30 heavy (non-hydrogen) atoms. The Labute approximate surface area is 178 Å². The lowest BCUT2D eigenvalue weighted by molar-refractivity contribution is -0.121. The van der Waals surface area contributed by atoms with E-state index < -0.39 is 0 Å². The molecule has 2 aliphatic rings. The number of carbonyl (C=O) groups is 1. The van der Waals surface area contributed by atoms with Crippen molar-refractivity contribution in [2.24, 2.45) is 7.05 Å². The number of fused-ring (bicyclic) bond motifs is 1. The van der Waals surface area contributed by atoms with Gasteiger partial charge in [-0.2, -0.15) is 5.10 Å². The fourth-order valence-corrected chi connectivity index (χ4v) is 4.52. The van der Waals surface area contributed by atoms with Crippen LogP contribution in [0.15, 0.2) is 0 Å². The van der Waals surface area contributed by atoms with Crippen molar-refractivity contribution in [3.63, 3.8) is 0 Å². The average Bonchev–Trinajstić information content (AvgIpc) is 3.10. The zero-order chi connectivity index (χ0) is 21.3. The summed E-state index contributed by atoms with van der Waals surface area (Å²) < 4.78 is 4.13. The summed E-state index contributed by atoms with van der Waals surface area (Å²) in [7, 11) is 1.90. The van der Waals surface area contributed by atoms with Gasteiger partial charge in [0.05, 0.1) is 29.7 Å². The minimum absolute atomic E-state index is 0.0328. The van der Waals surface area contributed by atoms with Crippen LogP contribution in [-0.2, 0) is 31.4 Å². The fourth-order valence-electron chi connectivity index (χ4n) is 4.52. The van der Waals surface area contributed by atoms with Crippen LogP contribution in [0.5, 0.6) is 0 Å². The lowest BCUT2D eigenvalue weighted by atomic mass is 10.2. The molecule has 0 spiro atoms. The molecule has 2 aliphatic heterocycles. The van der Waals surface area contributed by atoms with Gasteiger partial charge in [-0.1, -0.05) is 6.42 Å². The fraction of sp³-hybridized carbons (Fsp3) is 0.714. The molecule has 164 valence electrons. The highest BCUT2D eigenvalue weighted by atomic mass is 16.2. The third kappa shape index (κ3) is 4.27. The van der Waals surface area contributed by atoms with Gasteiger partial charge in [-0.05, 0) is 33.6 Å². The molecule has 1 fully saturated rings. The van der Waals surface area contributed by atoms with E-state index in [9.17, 15) is 4.79 Å². The number of piperazine rings is 1. The zero-order valence-corrected chi connectivity index (χ0v) is 18.7. The van der Waals surface area contributed by atoms with Crippen LogP contribution in [0.4, 0.5) is 5.69 Å². The van der Waals surface area contributed by atoms with E-state index in [4.69, 9.17) is 0 Å². The molecular weight excluding hydrogens is 380 g/mol. The monoisotopic (exact) mass is 414 g/mol. The molecule has 4 heterocycles. The SMILES string of the molecule is Cc1nn(C)c(C)c1NC(=O)[C@H](C)N1CCN(Cc2nnc3n2CCCCC3)CC1. The summed E-state index contributed by atoms with van der Waals surface area (Å²) in [5.41, 5.74) is 2.67. The summed E-state index contributed by atoms with van der Waals surface area (Å²) in [4.78, 5) is 17.5. The Kier molecular flexibility index (Phi) is 6.19. The standard InChI is InChI=1S/C21H34N8O/c1-15-20(16(2)26(4)25-15)22-21(30)17(3)28-12-10-27(11-13-28)14-19-24-23-18-8-6-5-7-9-29(18)19/h17H,5-14H2,1-4H3,(H,22,30)/t17-/m0/s1. The second-order valence-electron chi connectivity index (χ2n) is 8.64. The number of aromatic nitrogens is 5. The highest BCUT2D eigenvalue weighted by molar-refractivity contribution is 5.95. The number of amides is 1. The number of rotatable bonds is 5. The zero-order valence-electron chi connectivity index (χ0n) is 18.7. The van der Waals surface area contributed by atoms with E-state index in [1.165, 1.54) is 19.3 Å². The van der Waals surface area contributed by atoms with Crippen molar-refractivity contribution in [1.29, 1.82) is 0 Å². The van der Waals surface area contributed by atoms with Gasteiger partial charge in [0, 0.05) is 46.2 Å². The molecule has 0 unspecified atom stereocenters. The Hall–Kier alpha value is -2.26. The van der Waals surface area contributed by atoms with Crippen LogP contribution >= 0.6 is 0 Å². The lowest BCUT2D eigenvalue weighted by Crippen LogP contribution is -2.52. The number of hydrogen-bond donors (Lipinski definition) is 1. The number of hydrogen-bond acceptors (Lipinski definition) is 6. The molecule has 2 aromatic rings. The minimum atomic E-state index is -0.171. The van der Waals surface area contributed by atoms with Gasteiger partial charge >= 0.3 is 0 Å². The normalized spacial score (nSPS) is 19.3. The molecule has 0 aromatic carbocycles. The Bertz CT molecular complexity index is 893.